The van der Waals surface area contributed by atoms with Crippen molar-refractivity contribution in [1.82, 2.24) is 0 Å². The Balaban J connectivity index is 1.99. The van der Waals surface area contributed by atoms with Crippen LogP contribution < -0.4 is 15.9 Å². The van der Waals surface area contributed by atoms with Gasteiger partial charge in [0.25, 0.3) is 0 Å². The Morgan fingerprint density at radius 2 is 1.04 bits per heavy atom. The molecule has 1 nitrogen and oxygen atoms in total. The molecular weight excluding hydrogens is 357 g/mol. The van der Waals surface area contributed by atoms with Gasteiger partial charge in [-0.3, -0.25) is 0 Å². The molecule has 0 atom stereocenters. The normalized spacial score (nSPS) is 11.0. The van der Waals surface area contributed by atoms with E-state index in [2.05, 4.69) is 103 Å². The summed E-state index contributed by atoms with van der Waals surface area (Å²) in [5.74, 6) is 0. The molecule has 0 bridgehead atoms. The summed E-state index contributed by atoms with van der Waals surface area (Å²) in [6.45, 7) is 0. The predicted molar refractivity (Wildman–Crippen MR) is 120 cm³/mol. The topological polar surface area (TPSA) is 23.8 Å². The van der Waals surface area contributed by atoms with Crippen molar-refractivity contribution in [3.63, 3.8) is 0 Å². The zero-order valence-corrected chi connectivity index (χ0v) is 16.5. The van der Waals surface area contributed by atoms with Gasteiger partial charge in [0.05, 0.1) is 17.8 Å². The van der Waals surface area contributed by atoms with E-state index in [4.69, 9.17) is 0 Å². The van der Waals surface area contributed by atoms with Gasteiger partial charge < -0.3 is 0 Å². The molecule has 0 aliphatic carbocycles. The first-order chi connectivity index (χ1) is 13.8. The van der Waals surface area contributed by atoms with E-state index in [1.54, 1.807) is 0 Å². The lowest BCUT2D eigenvalue weighted by molar-refractivity contribution is 1.36. The monoisotopic (exact) mass is 378 g/mol. The van der Waals surface area contributed by atoms with Gasteiger partial charge in [0.2, 0.25) is 0 Å². The molecule has 0 aliphatic heterocycles. The fourth-order valence-corrected chi connectivity index (χ4v) is 8.01. The van der Waals surface area contributed by atoms with Crippen molar-refractivity contribution < 1.29 is 0 Å². The minimum atomic E-state index is -1.91. The molecule has 0 aromatic heterocycles. The fourth-order valence-electron chi connectivity index (χ4n) is 3.78. The molecule has 4 aromatic carbocycles. The van der Waals surface area contributed by atoms with Crippen LogP contribution in [-0.2, 0) is 6.16 Å². The molecule has 0 spiro atoms. The summed E-state index contributed by atoms with van der Waals surface area (Å²) in [6, 6.07) is 42.8. The second-order valence-electron chi connectivity index (χ2n) is 6.79. The maximum atomic E-state index is 9.37. The van der Waals surface area contributed by atoms with Crippen LogP contribution in [0.5, 0.6) is 0 Å². The lowest BCUT2D eigenvalue weighted by atomic mass is 10.2. The van der Waals surface area contributed by atoms with E-state index in [0.717, 1.165) is 6.16 Å². The highest BCUT2D eigenvalue weighted by Crippen LogP contribution is 2.58. The van der Waals surface area contributed by atoms with E-state index >= 15 is 0 Å². The first-order valence-electron chi connectivity index (χ1n) is 9.37. The first-order valence-corrected chi connectivity index (χ1v) is 11.3. The van der Waals surface area contributed by atoms with Crippen molar-refractivity contribution in [2.24, 2.45) is 0 Å². The summed E-state index contributed by atoms with van der Waals surface area (Å²) >= 11 is 0. The number of nitriles is 1. The maximum Gasteiger partial charge on any atom is 0.116 e. The first kappa shape index (κ1) is 18.2. The third kappa shape index (κ3) is 3.48. The smallest absolute Gasteiger partial charge is 0.116 e. The molecule has 0 fully saturated rings. The molecule has 28 heavy (non-hydrogen) atoms. The second kappa shape index (κ2) is 8.22. The van der Waals surface area contributed by atoms with E-state index in [9.17, 15) is 5.26 Å². The van der Waals surface area contributed by atoms with Crippen molar-refractivity contribution in [3.05, 3.63) is 126 Å². The molecule has 134 valence electrons. The van der Waals surface area contributed by atoms with Gasteiger partial charge >= 0.3 is 0 Å². The van der Waals surface area contributed by atoms with Crippen LogP contribution in [0.2, 0.25) is 0 Å². The third-order valence-electron chi connectivity index (χ3n) is 5.07. The molecule has 0 saturated heterocycles. The van der Waals surface area contributed by atoms with Crippen molar-refractivity contribution in [2.45, 2.75) is 6.16 Å². The standard InChI is InChI=1S/C26H21NP/c27-20-22-11-10-12-23(19-22)21-28(24-13-4-1-5-14-24,25-15-6-2-7-16-25)26-17-8-3-9-18-26/h1-19H,21H2/q+1. The van der Waals surface area contributed by atoms with Gasteiger partial charge in [0.1, 0.15) is 23.2 Å². The average Bonchev–Trinajstić information content (AvgIpc) is 2.79. The van der Waals surface area contributed by atoms with E-state index < -0.39 is 7.26 Å². The third-order valence-corrected chi connectivity index (χ3v) is 9.45. The Bertz CT molecular complexity index is 987. The van der Waals surface area contributed by atoms with E-state index in [1.807, 2.05) is 18.2 Å². The average molecular weight is 378 g/mol. The van der Waals surface area contributed by atoms with Gasteiger partial charge in [-0.1, -0.05) is 66.7 Å². The summed E-state index contributed by atoms with van der Waals surface area (Å²) in [4.78, 5) is 0. The van der Waals surface area contributed by atoms with Crippen LogP contribution in [0, 0.1) is 11.3 Å². The van der Waals surface area contributed by atoms with Crippen molar-refractivity contribution in [3.8, 4) is 6.07 Å². The van der Waals surface area contributed by atoms with E-state index in [-0.39, 0.29) is 0 Å². The Labute approximate surface area is 167 Å². The molecule has 4 rings (SSSR count). The Morgan fingerprint density at radius 3 is 1.46 bits per heavy atom. The summed E-state index contributed by atoms with van der Waals surface area (Å²) in [5, 5.41) is 13.4. The number of benzene rings is 4. The van der Waals surface area contributed by atoms with Crippen LogP contribution in [0.15, 0.2) is 115 Å². The largest absolute Gasteiger partial charge is 0.192 e. The minimum absolute atomic E-state index is 0.713. The lowest BCUT2D eigenvalue weighted by Gasteiger charge is -2.27. The predicted octanol–water partition coefficient (Wildman–Crippen LogP) is 5.05. The van der Waals surface area contributed by atoms with Crippen LogP contribution in [0.4, 0.5) is 0 Å². The van der Waals surface area contributed by atoms with Gasteiger partial charge in [-0.15, -0.1) is 0 Å². The highest BCUT2D eigenvalue weighted by atomic mass is 31.2. The van der Waals surface area contributed by atoms with Crippen LogP contribution in [-0.4, -0.2) is 0 Å². The Morgan fingerprint density at radius 1 is 0.571 bits per heavy atom. The van der Waals surface area contributed by atoms with Crippen molar-refractivity contribution in [1.29, 1.82) is 5.26 Å². The van der Waals surface area contributed by atoms with Crippen LogP contribution >= 0.6 is 7.26 Å². The summed E-state index contributed by atoms with van der Waals surface area (Å²) in [6.07, 6.45) is 0.889. The molecule has 0 unspecified atom stereocenters. The lowest BCUT2D eigenvalue weighted by Crippen LogP contribution is -2.32. The van der Waals surface area contributed by atoms with Gasteiger partial charge in [0.15, 0.2) is 0 Å². The molecule has 0 saturated carbocycles. The quantitative estimate of drug-likeness (QED) is 0.446. The summed E-state index contributed by atoms with van der Waals surface area (Å²) in [7, 11) is -1.91. The van der Waals surface area contributed by atoms with Gasteiger partial charge in [-0.05, 0) is 54.1 Å². The van der Waals surface area contributed by atoms with Gasteiger partial charge in [0, 0.05) is 0 Å². The molecule has 0 heterocycles. The number of hydrogen-bond acceptors (Lipinski definition) is 1. The highest BCUT2D eigenvalue weighted by Gasteiger charge is 2.45. The summed E-state index contributed by atoms with van der Waals surface area (Å²) in [5.41, 5.74) is 1.91. The van der Waals surface area contributed by atoms with E-state index in [1.165, 1.54) is 21.5 Å². The highest BCUT2D eigenvalue weighted by molar-refractivity contribution is 7.95. The Kier molecular flexibility index (Phi) is 5.34. The van der Waals surface area contributed by atoms with Gasteiger partial charge in [-0.25, -0.2) is 0 Å². The maximum absolute atomic E-state index is 9.37. The van der Waals surface area contributed by atoms with Crippen LogP contribution in [0.1, 0.15) is 11.1 Å². The van der Waals surface area contributed by atoms with Crippen molar-refractivity contribution >= 4 is 23.2 Å². The Hall–Kier alpha value is -3.20. The van der Waals surface area contributed by atoms with Crippen LogP contribution in [0.25, 0.3) is 0 Å². The molecule has 0 radical (unpaired) electrons. The molecule has 0 aliphatic rings. The second-order valence-corrected chi connectivity index (χ2v) is 10.3. The SMILES string of the molecule is N#Cc1cccc(C[P+](c2ccccc2)(c2ccccc2)c2ccccc2)c1. The number of rotatable bonds is 5. The molecular formula is C26H21NP+. The summed E-state index contributed by atoms with van der Waals surface area (Å²) < 4.78 is 0. The zero-order chi connectivity index (χ0) is 19.2. The van der Waals surface area contributed by atoms with Crippen molar-refractivity contribution in [2.75, 3.05) is 0 Å². The fraction of sp³-hybridized carbons (Fsp3) is 0.0385. The zero-order valence-electron chi connectivity index (χ0n) is 15.6. The number of nitrogens with zero attached hydrogens (tertiary/aromatic N) is 1. The van der Waals surface area contributed by atoms with E-state index in [0.29, 0.717) is 5.56 Å². The number of hydrogen-bond donors (Lipinski definition) is 0. The van der Waals surface area contributed by atoms with Gasteiger partial charge in [-0.2, -0.15) is 5.26 Å². The molecule has 4 aromatic rings. The molecule has 2 heteroatoms. The molecule has 0 amide bonds. The molecule has 0 N–H and O–H groups in total. The minimum Gasteiger partial charge on any atom is -0.192 e. The van der Waals surface area contributed by atoms with Crippen LogP contribution in [0.3, 0.4) is 0 Å².